The Morgan fingerprint density at radius 3 is 2.44 bits per heavy atom. The molecule has 0 aliphatic rings. The lowest BCUT2D eigenvalue weighted by atomic mass is 10.1. The molecule has 0 spiro atoms. The summed E-state index contributed by atoms with van der Waals surface area (Å²) in [7, 11) is 2.94. The average molecular weight is 433 g/mol. The fourth-order valence-corrected chi connectivity index (χ4v) is 3.69. The van der Waals surface area contributed by atoms with Crippen molar-refractivity contribution in [2.75, 3.05) is 11.9 Å². The van der Waals surface area contributed by atoms with Gasteiger partial charge in [-0.05, 0) is 24.6 Å². The normalized spacial score (nSPS) is 12.0. The molecule has 4 aromatic rings. The van der Waals surface area contributed by atoms with Crippen LogP contribution in [-0.2, 0) is 18.9 Å². The number of para-hydroxylation sites is 2. The summed E-state index contributed by atoms with van der Waals surface area (Å²) in [5.74, 6) is 0.169. The number of nitrogens with zero attached hydrogens (tertiary/aromatic N) is 4. The molecule has 0 saturated carbocycles. The summed E-state index contributed by atoms with van der Waals surface area (Å²) in [5.41, 5.74) is 0.542. The van der Waals surface area contributed by atoms with Gasteiger partial charge in [-0.25, -0.2) is 9.78 Å². The van der Waals surface area contributed by atoms with Crippen LogP contribution in [0.5, 0.6) is 5.75 Å². The summed E-state index contributed by atoms with van der Waals surface area (Å²) in [5, 5.41) is 2.92. The Labute approximate surface area is 183 Å². The molecule has 0 aliphatic heterocycles. The van der Waals surface area contributed by atoms with E-state index in [1.165, 1.54) is 29.6 Å². The van der Waals surface area contributed by atoms with Gasteiger partial charge in [0.05, 0.1) is 18.6 Å². The van der Waals surface area contributed by atoms with Crippen LogP contribution in [0, 0.1) is 0 Å². The molecule has 2 aromatic heterocycles. The summed E-state index contributed by atoms with van der Waals surface area (Å²) in [6.45, 7) is 2.31. The number of aryl methyl sites for hydroxylation is 1. The zero-order valence-electron chi connectivity index (χ0n) is 18.0. The summed E-state index contributed by atoms with van der Waals surface area (Å²) in [6.07, 6.45) is 1.41. The summed E-state index contributed by atoms with van der Waals surface area (Å²) < 4.78 is 9.42. The van der Waals surface area contributed by atoms with Crippen LogP contribution < -0.4 is 21.3 Å². The Bertz CT molecular complexity index is 1400. The van der Waals surface area contributed by atoms with Gasteiger partial charge >= 0.3 is 5.69 Å². The molecule has 0 bridgehead atoms. The third-order valence-corrected chi connectivity index (χ3v) is 5.26. The Balaban J connectivity index is 1.88. The maximum atomic E-state index is 13.6. The van der Waals surface area contributed by atoms with Crippen molar-refractivity contribution in [2.24, 2.45) is 14.1 Å². The smallest absolute Gasteiger partial charge is 0.332 e. The lowest BCUT2D eigenvalue weighted by Gasteiger charge is -2.20. The number of benzene rings is 2. The van der Waals surface area contributed by atoms with Crippen molar-refractivity contribution >= 4 is 22.8 Å². The number of carbonyl (C=O) groups is 1. The highest BCUT2D eigenvalue weighted by Gasteiger charge is 2.27. The van der Waals surface area contributed by atoms with Crippen LogP contribution in [0.3, 0.4) is 0 Å². The van der Waals surface area contributed by atoms with Crippen molar-refractivity contribution in [3.05, 3.63) is 87.3 Å². The first-order chi connectivity index (χ1) is 15.4. The van der Waals surface area contributed by atoms with Crippen molar-refractivity contribution in [3.63, 3.8) is 0 Å². The standard InChI is InChI=1S/C23H23N5O4/c1-4-32-17-13-9-8-12-16(17)25-21(29)18(15-10-6-5-7-11-15)28-14-24-20-19(28)22(30)27(3)23(31)26(20)2/h5-14,18H,4H2,1-3H3,(H,25,29). The first kappa shape index (κ1) is 21.1. The minimum absolute atomic E-state index is 0.164. The van der Waals surface area contributed by atoms with E-state index in [0.717, 1.165) is 4.57 Å². The lowest BCUT2D eigenvalue weighted by Crippen LogP contribution is -2.38. The monoisotopic (exact) mass is 433 g/mol. The minimum atomic E-state index is -0.902. The molecule has 0 saturated heterocycles. The molecule has 4 rings (SSSR count). The van der Waals surface area contributed by atoms with Gasteiger partial charge in [-0.3, -0.25) is 18.7 Å². The number of rotatable bonds is 6. The summed E-state index contributed by atoms with van der Waals surface area (Å²) in [6, 6.07) is 15.3. The van der Waals surface area contributed by atoms with Gasteiger partial charge in [0.25, 0.3) is 11.5 Å². The van der Waals surface area contributed by atoms with E-state index < -0.39 is 17.3 Å². The van der Waals surface area contributed by atoms with Gasteiger partial charge in [0.1, 0.15) is 11.8 Å². The lowest BCUT2D eigenvalue weighted by molar-refractivity contribution is -0.118. The maximum absolute atomic E-state index is 13.6. The quantitative estimate of drug-likeness (QED) is 0.502. The molecular weight excluding hydrogens is 410 g/mol. The highest BCUT2D eigenvalue weighted by Crippen LogP contribution is 2.28. The predicted molar refractivity (Wildman–Crippen MR) is 121 cm³/mol. The highest BCUT2D eigenvalue weighted by atomic mass is 16.5. The maximum Gasteiger partial charge on any atom is 0.332 e. The SMILES string of the molecule is CCOc1ccccc1NC(=O)C(c1ccccc1)n1cnc2c1c(=O)n(C)c(=O)n2C. The van der Waals surface area contributed by atoms with Gasteiger partial charge in [-0.1, -0.05) is 42.5 Å². The van der Waals surface area contributed by atoms with E-state index in [-0.39, 0.29) is 17.1 Å². The molecule has 1 amide bonds. The Morgan fingerprint density at radius 2 is 1.72 bits per heavy atom. The van der Waals surface area contributed by atoms with E-state index in [1.807, 2.05) is 31.2 Å². The molecule has 1 unspecified atom stereocenters. The number of imidazole rings is 1. The van der Waals surface area contributed by atoms with Gasteiger partial charge < -0.3 is 14.6 Å². The highest BCUT2D eigenvalue weighted by molar-refractivity contribution is 5.97. The number of amides is 1. The molecule has 32 heavy (non-hydrogen) atoms. The second-order valence-corrected chi connectivity index (χ2v) is 7.26. The topological polar surface area (TPSA) is 100 Å². The molecule has 0 radical (unpaired) electrons. The van der Waals surface area contributed by atoms with Crippen LogP contribution in [0.15, 0.2) is 70.5 Å². The van der Waals surface area contributed by atoms with Gasteiger partial charge in [-0.2, -0.15) is 0 Å². The second-order valence-electron chi connectivity index (χ2n) is 7.26. The third-order valence-electron chi connectivity index (χ3n) is 5.26. The molecule has 2 heterocycles. The van der Waals surface area contributed by atoms with Gasteiger partial charge in [0.15, 0.2) is 11.2 Å². The number of hydrogen-bond donors (Lipinski definition) is 1. The fraction of sp³-hybridized carbons (Fsp3) is 0.217. The van der Waals surface area contributed by atoms with Crippen LogP contribution in [0.2, 0.25) is 0 Å². The summed E-state index contributed by atoms with van der Waals surface area (Å²) in [4.78, 5) is 43.1. The molecule has 9 nitrogen and oxygen atoms in total. The largest absolute Gasteiger partial charge is 0.492 e. The number of fused-ring (bicyclic) bond motifs is 1. The van der Waals surface area contributed by atoms with Crippen molar-refractivity contribution in [3.8, 4) is 5.75 Å². The van der Waals surface area contributed by atoms with Gasteiger partial charge in [0, 0.05) is 14.1 Å². The van der Waals surface area contributed by atoms with Crippen LogP contribution in [-0.4, -0.2) is 31.2 Å². The molecule has 1 N–H and O–H groups in total. The minimum Gasteiger partial charge on any atom is -0.492 e. The Kier molecular flexibility index (Phi) is 5.63. The zero-order valence-corrected chi connectivity index (χ0v) is 18.0. The van der Waals surface area contributed by atoms with E-state index in [0.29, 0.717) is 23.6 Å². The van der Waals surface area contributed by atoms with Crippen molar-refractivity contribution < 1.29 is 9.53 Å². The number of aromatic nitrogens is 4. The molecular formula is C23H23N5O4. The molecule has 0 aliphatic carbocycles. The van der Waals surface area contributed by atoms with E-state index in [1.54, 1.807) is 30.3 Å². The number of carbonyl (C=O) groups excluding carboxylic acids is 1. The average Bonchev–Trinajstić information content (AvgIpc) is 3.23. The molecule has 9 heteroatoms. The number of nitrogens with one attached hydrogen (secondary N) is 1. The molecule has 164 valence electrons. The molecule has 1 atom stereocenters. The van der Waals surface area contributed by atoms with E-state index in [4.69, 9.17) is 4.74 Å². The van der Waals surface area contributed by atoms with Gasteiger partial charge in [0.2, 0.25) is 0 Å². The first-order valence-corrected chi connectivity index (χ1v) is 10.1. The van der Waals surface area contributed by atoms with Crippen LogP contribution in [0.4, 0.5) is 5.69 Å². The fourth-order valence-electron chi connectivity index (χ4n) is 3.69. The van der Waals surface area contributed by atoms with Crippen molar-refractivity contribution in [2.45, 2.75) is 13.0 Å². The van der Waals surface area contributed by atoms with Crippen LogP contribution >= 0.6 is 0 Å². The zero-order chi connectivity index (χ0) is 22.8. The van der Waals surface area contributed by atoms with Crippen molar-refractivity contribution in [1.29, 1.82) is 0 Å². The van der Waals surface area contributed by atoms with Crippen molar-refractivity contribution in [1.82, 2.24) is 18.7 Å². The molecule has 0 fully saturated rings. The Hall–Kier alpha value is -4.14. The predicted octanol–water partition coefficient (Wildman–Crippen LogP) is 2.06. The van der Waals surface area contributed by atoms with Gasteiger partial charge in [-0.15, -0.1) is 0 Å². The van der Waals surface area contributed by atoms with Crippen LogP contribution in [0.25, 0.3) is 11.2 Å². The first-order valence-electron chi connectivity index (χ1n) is 10.1. The number of hydrogen-bond acceptors (Lipinski definition) is 5. The number of ether oxygens (including phenoxy) is 1. The number of anilines is 1. The third kappa shape index (κ3) is 3.58. The second kappa shape index (κ2) is 8.54. The molecule has 2 aromatic carbocycles. The van der Waals surface area contributed by atoms with E-state index in [2.05, 4.69) is 10.3 Å². The van der Waals surface area contributed by atoms with E-state index >= 15 is 0 Å². The summed E-state index contributed by atoms with van der Waals surface area (Å²) >= 11 is 0. The van der Waals surface area contributed by atoms with Crippen LogP contribution in [0.1, 0.15) is 18.5 Å². The Morgan fingerprint density at radius 1 is 1.03 bits per heavy atom. The van der Waals surface area contributed by atoms with E-state index in [9.17, 15) is 14.4 Å².